The van der Waals surface area contributed by atoms with Gasteiger partial charge in [-0.2, -0.15) is 22.0 Å². The van der Waals surface area contributed by atoms with Crippen molar-refractivity contribution in [3.63, 3.8) is 0 Å². The van der Waals surface area contributed by atoms with Crippen molar-refractivity contribution in [2.75, 3.05) is 0 Å². The van der Waals surface area contributed by atoms with Gasteiger partial charge in [0.1, 0.15) is 5.03 Å². The summed E-state index contributed by atoms with van der Waals surface area (Å²) in [5.41, 5.74) is -2.91. The maximum atomic E-state index is 14.2. The van der Waals surface area contributed by atoms with Gasteiger partial charge in [-0.1, -0.05) is 31.5 Å². The maximum absolute atomic E-state index is 14.2. The first kappa shape index (κ1) is 21.5. The summed E-state index contributed by atoms with van der Waals surface area (Å²) in [4.78, 5) is 12.1. The van der Waals surface area contributed by atoms with Crippen LogP contribution in [0.3, 0.4) is 0 Å². The zero-order chi connectivity index (χ0) is 20.9. The molecular weight excluding hydrogens is 405 g/mol. The molecule has 0 saturated heterocycles. The number of benzene rings is 1. The summed E-state index contributed by atoms with van der Waals surface area (Å²) in [7, 11) is 0. The molecule has 0 radical (unpaired) electrons. The highest BCUT2D eigenvalue weighted by atomic mass is 35.5. The smallest absolute Gasteiger partial charge is 0.397 e. The molecule has 1 aliphatic carbocycles. The summed E-state index contributed by atoms with van der Waals surface area (Å²) in [5, 5.41) is -1.47. The molecule has 0 N–H and O–H groups in total. The van der Waals surface area contributed by atoms with Crippen molar-refractivity contribution in [2.24, 2.45) is 17.3 Å². The Hall–Kier alpha value is -1.77. The number of rotatable bonds is 4. The Kier molecular flexibility index (Phi) is 5.33. The third kappa shape index (κ3) is 4.07. The summed E-state index contributed by atoms with van der Waals surface area (Å²) in [6, 6.07) is 1.02. The van der Waals surface area contributed by atoms with E-state index in [0.29, 0.717) is 18.2 Å². The van der Waals surface area contributed by atoms with Gasteiger partial charge in [-0.25, -0.2) is 8.78 Å². The second-order valence-electron chi connectivity index (χ2n) is 6.81. The van der Waals surface area contributed by atoms with Crippen LogP contribution < -0.4 is 0 Å². The molecule has 1 fully saturated rings. The Morgan fingerprint density at radius 3 is 2.26 bits per heavy atom. The number of esters is 1. The van der Waals surface area contributed by atoms with Gasteiger partial charge in [0, 0.05) is 5.56 Å². The topological polar surface area (TPSA) is 26.3 Å². The lowest BCUT2D eigenvalue weighted by Crippen LogP contribution is -2.26. The summed E-state index contributed by atoms with van der Waals surface area (Å²) in [6.45, 7) is 3.66. The van der Waals surface area contributed by atoms with E-state index >= 15 is 0 Å². The third-order valence-corrected chi connectivity index (χ3v) is 4.98. The fourth-order valence-corrected chi connectivity index (χ4v) is 3.04. The SMILES string of the molecule is Cc1c(C(F)(F)OC(=O)C2C(C=C(Cl)C(F)(F)F)C2(C)C)ccc(F)c1F. The molecule has 2 nitrogen and oxygen atoms in total. The highest BCUT2D eigenvalue weighted by Gasteiger charge is 2.63. The van der Waals surface area contributed by atoms with Crippen molar-refractivity contribution in [3.05, 3.63) is 46.0 Å². The molecule has 2 unspecified atom stereocenters. The summed E-state index contributed by atoms with van der Waals surface area (Å²) >= 11 is 5.13. The first-order valence-corrected chi connectivity index (χ1v) is 7.98. The summed E-state index contributed by atoms with van der Waals surface area (Å²) in [6.07, 6.45) is -8.55. The van der Waals surface area contributed by atoms with Gasteiger partial charge in [-0.15, -0.1) is 0 Å². The molecule has 1 saturated carbocycles. The summed E-state index contributed by atoms with van der Waals surface area (Å²) < 4.78 is 96.8. The first-order valence-electron chi connectivity index (χ1n) is 7.61. The molecule has 1 aliphatic rings. The number of carbonyl (C=O) groups excluding carboxylic acids is 1. The zero-order valence-corrected chi connectivity index (χ0v) is 15.0. The Morgan fingerprint density at radius 2 is 1.74 bits per heavy atom. The zero-order valence-electron chi connectivity index (χ0n) is 14.2. The van der Waals surface area contributed by atoms with Gasteiger partial charge in [0.15, 0.2) is 11.6 Å². The second-order valence-corrected chi connectivity index (χ2v) is 7.22. The van der Waals surface area contributed by atoms with E-state index in [2.05, 4.69) is 4.74 Å². The quantitative estimate of drug-likeness (QED) is 0.455. The van der Waals surface area contributed by atoms with Crippen LogP contribution in [-0.4, -0.2) is 12.1 Å². The van der Waals surface area contributed by atoms with Gasteiger partial charge in [0.2, 0.25) is 0 Å². The molecule has 2 rings (SSSR count). The third-order valence-electron chi connectivity index (χ3n) is 4.64. The standard InChI is InChI=1S/C17H14ClF7O2/c1-7-8(4-5-10(19)13(7)20)17(24,25)27-14(26)12-9(15(12,2)3)6-11(18)16(21,22)23/h4-6,9,12H,1-3H3. The minimum atomic E-state index is -4.83. The van der Waals surface area contributed by atoms with Crippen LogP contribution in [0, 0.1) is 35.8 Å². The predicted octanol–water partition coefficient (Wildman–Crippen LogP) is 5.82. The molecule has 1 aromatic rings. The largest absolute Gasteiger partial charge is 0.429 e. The van der Waals surface area contributed by atoms with Crippen LogP contribution in [0.5, 0.6) is 0 Å². The van der Waals surface area contributed by atoms with Crippen molar-refractivity contribution in [1.82, 2.24) is 0 Å². The van der Waals surface area contributed by atoms with Gasteiger partial charge < -0.3 is 4.74 Å². The van der Waals surface area contributed by atoms with Gasteiger partial charge in [-0.3, -0.25) is 4.79 Å². The molecular formula is C17H14ClF7O2. The number of halogens is 8. The molecule has 150 valence electrons. The number of hydrogen-bond donors (Lipinski definition) is 0. The van der Waals surface area contributed by atoms with Crippen molar-refractivity contribution >= 4 is 17.6 Å². The highest BCUT2D eigenvalue weighted by molar-refractivity contribution is 6.30. The number of hydrogen-bond acceptors (Lipinski definition) is 2. The van der Waals surface area contributed by atoms with Gasteiger partial charge >= 0.3 is 18.3 Å². The van der Waals surface area contributed by atoms with E-state index in [1.165, 1.54) is 13.8 Å². The van der Waals surface area contributed by atoms with Crippen molar-refractivity contribution < 1.29 is 40.3 Å². The minimum absolute atomic E-state index is 0.453. The minimum Gasteiger partial charge on any atom is -0.397 e. The lowest BCUT2D eigenvalue weighted by molar-refractivity contribution is -0.242. The molecule has 0 aromatic heterocycles. The van der Waals surface area contributed by atoms with Crippen LogP contribution >= 0.6 is 11.6 Å². The number of carbonyl (C=O) groups is 1. The number of allylic oxidation sites excluding steroid dienone is 2. The molecule has 0 amide bonds. The van der Waals surface area contributed by atoms with Crippen LogP contribution in [0.15, 0.2) is 23.2 Å². The molecule has 0 spiro atoms. The van der Waals surface area contributed by atoms with E-state index in [1.54, 1.807) is 0 Å². The van der Waals surface area contributed by atoms with Gasteiger partial charge in [-0.05, 0) is 30.4 Å². The monoisotopic (exact) mass is 418 g/mol. The van der Waals surface area contributed by atoms with E-state index in [1.807, 2.05) is 0 Å². The predicted molar refractivity (Wildman–Crippen MR) is 81.8 cm³/mol. The van der Waals surface area contributed by atoms with Crippen LogP contribution in [0.2, 0.25) is 0 Å². The lowest BCUT2D eigenvalue weighted by atomic mass is 10.1. The average molecular weight is 419 g/mol. The van der Waals surface area contributed by atoms with Crippen molar-refractivity contribution in [3.8, 4) is 0 Å². The van der Waals surface area contributed by atoms with E-state index in [-0.39, 0.29) is 0 Å². The fraction of sp³-hybridized carbons (Fsp3) is 0.471. The molecule has 0 aliphatic heterocycles. The van der Waals surface area contributed by atoms with Crippen LogP contribution in [0.4, 0.5) is 30.7 Å². The average Bonchev–Trinajstić information content (AvgIpc) is 3.04. The molecule has 1 aromatic carbocycles. The lowest BCUT2D eigenvalue weighted by Gasteiger charge is -2.19. The molecule has 0 bridgehead atoms. The molecule has 27 heavy (non-hydrogen) atoms. The Bertz CT molecular complexity index is 799. The van der Waals surface area contributed by atoms with Crippen molar-refractivity contribution in [1.29, 1.82) is 0 Å². The van der Waals surface area contributed by atoms with Crippen LogP contribution in [0.25, 0.3) is 0 Å². The molecule has 10 heteroatoms. The van der Waals surface area contributed by atoms with Gasteiger partial charge in [0.25, 0.3) is 0 Å². The molecule has 0 heterocycles. The normalized spacial score (nSPS) is 22.6. The summed E-state index contributed by atoms with van der Waals surface area (Å²) in [5.74, 6) is -6.71. The van der Waals surface area contributed by atoms with Crippen LogP contribution in [0.1, 0.15) is 25.0 Å². The van der Waals surface area contributed by atoms with Crippen molar-refractivity contribution in [2.45, 2.75) is 33.1 Å². The Balaban J connectivity index is 2.23. The second kappa shape index (κ2) is 6.68. The van der Waals surface area contributed by atoms with Gasteiger partial charge in [0.05, 0.1) is 11.5 Å². The fourth-order valence-electron chi connectivity index (χ4n) is 2.90. The number of alkyl halides is 5. The van der Waals surface area contributed by atoms with E-state index in [0.717, 1.165) is 6.92 Å². The first-order chi connectivity index (χ1) is 12.1. The van der Waals surface area contributed by atoms with E-state index in [9.17, 15) is 35.5 Å². The highest BCUT2D eigenvalue weighted by Crippen LogP contribution is 2.61. The maximum Gasteiger partial charge on any atom is 0.429 e. The Labute approximate surface area is 154 Å². The molecule has 2 atom stereocenters. The van der Waals surface area contributed by atoms with Crippen LogP contribution in [-0.2, 0) is 15.6 Å². The Morgan fingerprint density at radius 1 is 1.19 bits per heavy atom. The van der Waals surface area contributed by atoms with E-state index in [4.69, 9.17) is 11.6 Å². The van der Waals surface area contributed by atoms with E-state index < -0.39 is 63.3 Å². The number of ether oxygens (including phenoxy) is 1.